The minimum atomic E-state index is 0.129. The minimum Gasteiger partial charge on any atom is -0.489 e. The van der Waals surface area contributed by atoms with E-state index >= 15 is 0 Å². The van der Waals surface area contributed by atoms with Crippen molar-refractivity contribution in [1.29, 1.82) is 0 Å². The number of ether oxygens (including phenoxy) is 1. The average Bonchev–Trinajstić information content (AvgIpc) is 2.83. The van der Waals surface area contributed by atoms with E-state index < -0.39 is 0 Å². The van der Waals surface area contributed by atoms with Gasteiger partial charge in [0.2, 0.25) is 0 Å². The quantitative estimate of drug-likeness (QED) is 0.550. The number of likely N-dealkylation sites (N-methyl/N-ethyl adjacent to an activating group) is 1. The van der Waals surface area contributed by atoms with E-state index in [1.54, 1.807) is 0 Å². The molecule has 0 atom stereocenters. The van der Waals surface area contributed by atoms with Crippen LogP contribution in [-0.4, -0.2) is 13.2 Å². The summed E-state index contributed by atoms with van der Waals surface area (Å²) in [5.41, 5.74) is 0.996. The number of nitrogens with one attached hydrogen (secondary N) is 1. The van der Waals surface area contributed by atoms with Crippen molar-refractivity contribution in [2.24, 2.45) is 5.41 Å². The fourth-order valence-electron chi connectivity index (χ4n) is 1.07. The minimum absolute atomic E-state index is 0.129. The molecular weight excluding hydrogens is 174 g/mol. The summed E-state index contributed by atoms with van der Waals surface area (Å²) in [6, 6.07) is 0. The third-order valence-electron chi connectivity index (χ3n) is 1.98. The summed E-state index contributed by atoms with van der Waals surface area (Å²) in [4.78, 5) is 0. The maximum Gasteiger partial charge on any atom is 0.138 e. The number of hydrogen-bond donors (Lipinski definition) is 1. The Bertz CT molecular complexity index is 244. The van der Waals surface area contributed by atoms with Crippen molar-refractivity contribution in [3.05, 3.63) is 24.1 Å². The van der Waals surface area contributed by atoms with Crippen LogP contribution in [0.5, 0.6) is 0 Å². The highest BCUT2D eigenvalue weighted by Gasteiger charge is 2.25. The van der Waals surface area contributed by atoms with Gasteiger partial charge in [-0.15, -0.1) is 0 Å². The van der Waals surface area contributed by atoms with Gasteiger partial charge in [0.05, 0.1) is 11.8 Å². The summed E-state index contributed by atoms with van der Waals surface area (Å²) in [5.74, 6) is 0.905. The Morgan fingerprint density at radius 1 is 1.43 bits per heavy atom. The van der Waals surface area contributed by atoms with Crippen LogP contribution in [0.25, 0.3) is 0 Å². The molecule has 0 spiro atoms. The maximum absolute atomic E-state index is 5.79. The highest BCUT2D eigenvalue weighted by Crippen LogP contribution is 2.30. The fraction of sp³-hybridized carbons (Fsp3) is 0.667. The molecule has 0 aromatic heterocycles. The molecule has 1 N–H and O–H groups in total. The number of allylic oxidation sites excluding steroid dienone is 1. The normalized spacial score (nSPS) is 17.9. The molecular formula is C12H21NO. The second-order valence-electron chi connectivity index (χ2n) is 4.92. The van der Waals surface area contributed by atoms with Gasteiger partial charge in [-0.3, -0.25) is 0 Å². The first-order valence-electron chi connectivity index (χ1n) is 5.19. The molecule has 0 aromatic carbocycles. The van der Waals surface area contributed by atoms with Crippen molar-refractivity contribution < 1.29 is 4.74 Å². The zero-order chi connectivity index (χ0) is 10.8. The summed E-state index contributed by atoms with van der Waals surface area (Å²) in [5, 5.41) is 3.03. The third-order valence-corrected chi connectivity index (χ3v) is 1.98. The van der Waals surface area contributed by atoms with E-state index in [1.165, 1.54) is 12.8 Å². The molecule has 0 radical (unpaired) electrons. The van der Waals surface area contributed by atoms with Crippen LogP contribution in [0.15, 0.2) is 24.1 Å². The van der Waals surface area contributed by atoms with Gasteiger partial charge in [-0.2, -0.15) is 0 Å². The Morgan fingerprint density at radius 2 is 2.00 bits per heavy atom. The standard InChI is InChI=1S/C12H21NO/c1-9(13-5)11(8-12(2,3)4)14-10-6-7-10/h8,10,13H,1,6-7H2,2-5H3/b11-8+. The fourth-order valence-corrected chi connectivity index (χ4v) is 1.07. The molecule has 0 unspecified atom stereocenters. The van der Waals surface area contributed by atoms with Crippen molar-refractivity contribution in [3.63, 3.8) is 0 Å². The molecule has 1 fully saturated rings. The molecule has 0 aliphatic heterocycles. The van der Waals surface area contributed by atoms with Crippen LogP contribution >= 0.6 is 0 Å². The molecule has 1 aliphatic rings. The molecule has 0 saturated heterocycles. The Balaban J connectivity index is 2.68. The summed E-state index contributed by atoms with van der Waals surface area (Å²) >= 11 is 0. The topological polar surface area (TPSA) is 21.3 Å². The first-order valence-corrected chi connectivity index (χ1v) is 5.19. The second-order valence-corrected chi connectivity index (χ2v) is 4.92. The van der Waals surface area contributed by atoms with Crippen LogP contribution in [0.4, 0.5) is 0 Å². The second kappa shape index (κ2) is 4.07. The van der Waals surface area contributed by atoms with Gasteiger partial charge in [0, 0.05) is 7.05 Å². The van der Waals surface area contributed by atoms with Crippen LogP contribution in [-0.2, 0) is 4.74 Å². The van der Waals surface area contributed by atoms with Crippen LogP contribution in [0.1, 0.15) is 33.6 Å². The zero-order valence-corrected chi connectivity index (χ0v) is 9.68. The number of rotatable bonds is 4. The van der Waals surface area contributed by atoms with E-state index in [2.05, 4.69) is 38.7 Å². The summed E-state index contributed by atoms with van der Waals surface area (Å²) < 4.78 is 5.79. The van der Waals surface area contributed by atoms with E-state index in [0.29, 0.717) is 6.10 Å². The van der Waals surface area contributed by atoms with Gasteiger partial charge >= 0.3 is 0 Å². The Morgan fingerprint density at radius 3 is 2.36 bits per heavy atom. The lowest BCUT2D eigenvalue weighted by Gasteiger charge is -2.18. The molecule has 80 valence electrons. The van der Waals surface area contributed by atoms with Crippen molar-refractivity contribution in [2.45, 2.75) is 39.7 Å². The first kappa shape index (κ1) is 11.2. The monoisotopic (exact) mass is 195 g/mol. The van der Waals surface area contributed by atoms with E-state index in [-0.39, 0.29) is 5.41 Å². The molecule has 1 aliphatic carbocycles. The number of hydrogen-bond acceptors (Lipinski definition) is 2. The van der Waals surface area contributed by atoms with Gasteiger partial charge < -0.3 is 10.1 Å². The Labute approximate surface area is 87.0 Å². The van der Waals surface area contributed by atoms with Crippen LogP contribution in [0.2, 0.25) is 0 Å². The third kappa shape index (κ3) is 3.86. The van der Waals surface area contributed by atoms with Gasteiger partial charge in [-0.1, -0.05) is 27.4 Å². The van der Waals surface area contributed by atoms with Gasteiger partial charge in [0.15, 0.2) is 0 Å². The highest BCUT2D eigenvalue weighted by atomic mass is 16.5. The lowest BCUT2D eigenvalue weighted by atomic mass is 9.95. The molecule has 0 aromatic rings. The average molecular weight is 195 g/mol. The van der Waals surface area contributed by atoms with Crippen molar-refractivity contribution in [2.75, 3.05) is 7.05 Å². The van der Waals surface area contributed by atoms with E-state index in [9.17, 15) is 0 Å². The predicted octanol–water partition coefficient (Wildman–Crippen LogP) is 2.83. The smallest absolute Gasteiger partial charge is 0.138 e. The maximum atomic E-state index is 5.79. The van der Waals surface area contributed by atoms with Crippen molar-refractivity contribution in [1.82, 2.24) is 5.32 Å². The molecule has 2 heteroatoms. The van der Waals surface area contributed by atoms with E-state index in [0.717, 1.165) is 11.5 Å². The van der Waals surface area contributed by atoms with E-state index in [4.69, 9.17) is 4.74 Å². The molecule has 1 rings (SSSR count). The summed E-state index contributed by atoms with van der Waals surface area (Å²) in [7, 11) is 1.87. The lowest BCUT2D eigenvalue weighted by Crippen LogP contribution is -2.13. The van der Waals surface area contributed by atoms with E-state index in [1.807, 2.05) is 7.05 Å². The van der Waals surface area contributed by atoms with Crippen molar-refractivity contribution >= 4 is 0 Å². The molecule has 2 nitrogen and oxygen atoms in total. The van der Waals surface area contributed by atoms with Gasteiger partial charge in [-0.25, -0.2) is 0 Å². The zero-order valence-electron chi connectivity index (χ0n) is 9.68. The molecule has 0 heterocycles. The molecule has 0 amide bonds. The van der Waals surface area contributed by atoms with Gasteiger partial charge in [0.1, 0.15) is 5.76 Å². The summed E-state index contributed by atoms with van der Waals surface area (Å²) in [6.45, 7) is 10.4. The van der Waals surface area contributed by atoms with Crippen LogP contribution < -0.4 is 5.32 Å². The largest absolute Gasteiger partial charge is 0.489 e. The van der Waals surface area contributed by atoms with Crippen molar-refractivity contribution in [3.8, 4) is 0 Å². The predicted molar refractivity (Wildman–Crippen MR) is 59.8 cm³/mol. The Hall–Kier alpha value is -0.920. The lowest BCUT2D eigenvalue weighted by molar-refractivity contribution is 0.197. The van der Waals surface area contributed by atoms with Gasteiger partial charge in [0.25, 0.3) is 0 Å². The van der Waals surface area contributed by atoms with Crippen LogP contribution in [0, 0.1) is 5.41 Å². The SMILES string of the molecule is C=C(NC)/C(=C\C(C)(C)C)OC1CC1. The summed E-state index contributed by atoms with van der Waals surface area (Å²) in [6.07, 6.45) is 4.91. The van der Waals surface area contributed by atoms with Gasteiger partial charge in [-0.05, 0) is 24.3 Å². The molecule has 1 saturated carbocycles. The first-order chi connectivity index (χ1) is 6.42. The van der Waals surface area contributed by atoms with Crippen LogP contribution in [0.3, 0.4) is 0 Å². The highest BCUT2D eigenvalue weighted by molar-refractivity contribution is 5.23. The Kier molecular flexibility index (Phi) is 3.25. The molecule has 14 heavy (non-hydrogen) atoms. The molecule has 0 bridgehead atoms.